The predicted molar refractivity (Wildman–Crippen MR) is 85.5 cm³/mol. The van der Waals surface area contributed by atoms with Crippen LogP contribution in [0.25, 0.3) is 11.6 Å². The summed E-state index contributed by atoms with van der Waals surface area (Å²) in [5, 5.41) is 4.34. The maximum Gasteiger partial charge on any atom is 0.195 e. The van der Waals surface area contributed by atoms with Crippen molar-refractivity contribution in [2.45, 2.75) is 33.0 Å². The molecule has 1 aliphatic rings. The predicted octanol–water partition coefficient (Wildman–Crippen LogP) is 2.51. The van der Waals surface area contributed by atoms with Gasteiger partial charge in [-0.15, -0.1) is 0 Å². The van der Waals surface area contributed by atoms with Gasteiger partial charge in [0.1, 0.15) is 0 Å². The lowest BCUT2D eigenvalue weighted by Gasteiger charge is -2.27. The molecule has 0 radical (unpaired) electrons. The molecule has 0 saturated carbocycles. The second-order valence-corrected chi connectivity index (χ2v) is 5.81. The van der Waals surface area contributed by atoms with Gasteiger partial charge in [-0.3, -0.25) is 9.58 Å². The molecule has 1 aliphatic heterocycles. The monoisotopic (exact) mass is 309 g/mol. The first kappa shape index (κ1) is 14.1. The fraction of sp³-hybridized carbons (Fsp3) is 0.353. The average molecular weight is 309 g/mol. The van der Waals surface area contributed by atoms with Gasteiger partial charge in [0.25, 0.3) is 0 Å². The largest absolute Gasteiger partial charge is 0.461 e. The van der Waals surface area contributed by atoms with Crippen LogP contribution >= 0.6 is 0 Å². The second-order valence-electron chi connectivity index (χ2n) is 5.81. The molecule has 0 amide bonds. The Morgan fingerprint density at radius 3 is 3.04 bits per heavy atom. The summed E-state index contributed by atoms with van der Waals surface area (Å²) in [6.45, 7) is 5.80. The van der Waals surface area contributed by atoms with Crippen LogP contribution in [0.15, 0.2) is 41.4 Å². The van der Waals surface area contributed by atoms with Gasteiger partial charge < -0.3 is 4.42 Å². The van der Waals surface area contributed by atoms with Crippen molar-refractivity contribution < 1.29 is 4.42 Å². The molecule has 0 bridgehead atoms. The van der Waals surface area contributed by atoms with Gasteiger partial charge >= 0.3 is 0 Å². The minimum absolute atomic E-state index is 0.673. The van der Waals surface area contributed by atoms with Gasteiger partial charge in [0.15, 0.2) is 11.6 Å². The van der Waals surface area contributed by atoms with E-state index in [0.717, 1.165) is 44.1 Å². The quantitative estimate of drug-likeness (QED) is 0.741. The number of rotatable bonds is 4. The molecule has 3 aromatic rings. The third-order valence-corrected chi connectivity index (χ3v) is 4.17. The molecular weight excluding hydrogens is 290 g/mol. The lowest BCUT2D eigenvalue weighted by molar-refractivity contribution is 0.243. The van der Waals surface area contributed by atoms with Gasteiger partial charge in [0, 0.05) is 56.1 Å². The zero-order chi connectivity index (χ0) is 15.6. The van der Waals surface area contributed by atoms with E-state index in [1.54, 1.807) is 6.26 Å². The molecule has 0 aromatic carbocycles. The Bertz CT molecular complexity index is 793. The van der Waals surface area contributed by atoms with E-state index in [9.17, 15) is 0 Å². The molecule has 0 aliphatic carbocycles. The first-order valence-electron chi connectivity index (χ1n) is 7.94. The van der Waals surface area contributed by atoms with Crippen molar-refractivity contribution in [3.05, 3.63) is 53.8 Å². The summed E-state index contributed by atoms with van der Waals surface area (Å²) in [6.07, 6.45) is 8.59. The van der Waals surface area contributed by atoms with Crippen LogP contribution in [-0.4, -0.2) is 31.2 Å². The highest BCUT2D eigenvalue weighted by molar-refractivity contribution is 5.46. The molecule has 118 valence electrons. The molecule has 0 saturated heterocycles. The smallest absolute Gasteiger partial charge is 0.195 e. The normalized spacial score (nSPS) is 14.8. The van der Waals surface area contributed by atoms with E-state index in [1.165, 1.54) is 11.1 Å². The third kappa shape index (κ3) is 2.90. The third-order valence-electron chi connectivity index (χ3n) is 4.17. The van der Waals surface area contributed by atoms with Gasteiger partial charge in [-0.2, -0.15) is 5.10 Å². The van der Waals surface area contributed by atoms with Crippen LogP contribution < -0.4 is 0 Å². The summed E-state index contributed by atoms with van der Waals surface area (Å²) >= 11 is 0. The molecular formula is C17H19N5O. The van der Waals surface area contributed by atoms with Crippen LogP contribution in [0.1, 0.15) is 23.7 Å². The minimum Gasteiger partial charge on any atom is -0.461 e. The number of fused-ring (bicyclic) bond motifs is 1. The van der Waals surface area contributed by atoms with Gasteiger partial charge in [0.2, 0.25) is 0 Å². The summed E-state index contributed by atoms with van der Waals surface area (Å²) < 4.78 is 7.34. The van der Waals surface area contributed by atoms with E-state index in [0.29, 0.717) is 5.82 Å². The Morgan fingerprint density at radius 1 is 1.30 bits per heavy atom. The highest BCUT2D eigenvalue weighted by atomic mass is 16.3. The zero-order valence-corrected chi connectivity index (χ0v) is 13.1. The molecule has 6 nitrogen and oxygen atoms in total. The first-order chi connectivity index (χ1) is 11.3. The molecule has 23 heavy (non-hydrogen) atoms. The Balaban J connectivity index is 1.49. The molecule has 4 rings (SSSR count). The molecule has 0 unspecified atom stereocenters. The molecule has 0 spiro atoms. The number of aryl methyl sites for hydroxylation is 1. The Kier molecular flexibility index (Phi) is 3.67. The Morgan fingerprint density at radius 2 is 2.26 bits per heavy atom. The van der Waals surface area contributed by atoms with Gasteiger partial charge in [0.05, 0.1) is 18.2 Å². The minimum atomic E-state index is 0.673. The topological polar surface area (TPSA) is 60.0 Å². The number of hydrogen-bond donors (Lipinski definition) is 0. The molecule has 0 N–H and O–H groups in total. The SMILES string of the molecule is CCn1cc(CN2CCc3nc(-c4ccco4)ncc3C2)cn1. The van der Waals surface area contributed by atoms with Crippen LogP contribution in [0.4, 0.5) is 0 Å². The van der Waals surface area contributed by atoms with Crippen molar-refractivity contribution in [2.75, 3.05) is 6.54 Å². The van der Waals surface area contributed by atoms with E-state index < -0.39 is 0 Å². The number of aromatic nitrogens is 4. The summed E-state index contributed by atoms with van der Waals surface area (Å²) in [5.74, 6) is 1.40. The van der Waals surface area contributed by atoms with Crippen LogP contribution in [-0.2, 0) is 26.1 Å². The van der Waals surface area contributed by atoms with E-state index in [2.05, 4.69) is 33.1 Å². The molecule has 3 aromatic heterocycles. The number of hydrogen-bond acceptors (Lipinski definition) is 5. The summed E-state index contributed by atoms with van der Waals surface area (Å²) in [7, 11) is 0. The fourth-order valence-electron chi connectivity index (χ4n) is 2.95. The van der Waals surface area contributed by atoms with Gasteiger partial charge in [-0.1, -0.05) is 0 Å². The van der Waals surface area contributed by atoms with Crippen molar-refractivity contribution in [1.82, 2.24) is 24.6 Å². The standard InChI is InChI=1S/C17H19N5O/c1-2-22-11-13(8-19-22)10-21-6-5-15-14(12-21)9-18-17(20-15)16-4-3-7-23-16/h3-4,7-9,11H,2,5-6,10,12H2,1H3. The van der Waals surface area contributed by atoms with Crippen molar-refractivity contribution in [3.63, 3.8) is 0 Å². The van der Waals surface area contributed by atoms with Crippen LogP contribution in [0, 0.1) is 0 Å². The Hall–Kier alpha value is -2.47. The van der Waals surface area contributed by atoms with Crippen LogP contribution in [0.2, 0.25) is 0 Å². The van der Waals surface area contributed by atoms with Crippen LogP contribution in [0.3, 0.4) is 0 Å². The second kappa shape index (κ2) is 5.96. The highest BCUT2D eigenvalue weighted by Gasteiger charge is 2.19. The molecule has 4 heterocycles. The number of nitrogens with zero attached hydrogens (tertiary/aromatic N) is 5. The summed E-state index contributed by atoms with van der Waals surface area (Å²) in [6, 6.07) is 3.75. The lowest BCUT2D eigenvalue weighted by Crippen LogP contribution is -2.30. The van der Waals surface area contributed by atoms with Gasteiger partial charge in [-0.25, -0.2) is 9.97 Å². The number of furan rings is 1. The first-order valence-corrected chi connectivity index (χ1v) is 7.94. The molecule has 0 atom stereocenters. The maximum atomic E-state index is 5.38. The van der Waals surface area contributed by atoms with Crippen molar-refractivity contribution in [1.29, 1.82) is 0 Å². The lowest BCUT2D eigenvalue weighted by atomic mass is 10.1. The summed E-state index contributed by atoms with van der Waals surface area (Å²) in [5.41, 5.74) is 3.59. The highest BCUT2D eigenvalue weighted by Crippen LogP contribution is 2.22. The summed E-state index contributed by atoms with van der Waals surface area (Å²) in [4.78, 5) is 11.5. The average Bonchev–Trinajstić information content (AvgIpc) is 3.26. The van der Waals surface area contributed by atoms with Crippen molar-refractivity contribution in [2.24, 2.45) is 0 Å². The van der Waals surface area contributed by atoms with E-state index in [4.69, 9.17) is 4.42 Å². The van der Waals surface area contributed by atoms with E-state index >= 15 is 0 Å². The van der Waals surface area contributed by atoms with Crippen LogP contribution in [0.5, 0.6) is 0 Å². The van der Waals surface area contributed by atoms with Crippen molar-refractivity contribution in [3.8, 4) is 11.6 Å². The fourth-order valence-corrected chi connectivity index (χ4v) is 2.95. The van der Waals surface area contributed by atoms with E-state index in [-0.39, 0.29) is 0 Å². The van der Waals surface area contributed by atoms with Gasteiger partial charge in [-0.05, 0) is 19.1 Å². The Labute approximate surface area is 134 Å². The van der Waals surface area contributed by atoms with Crippen molar-refractivity contribution >= 4 is 0 Å². The maximum absolute atomic E-state index is 5.38. The molecule has 0 fully saturated rings. The molecule has 6 heteroatoms. The van der Waals surface area contributed by atoms with E-state index in [1.807, 2.05) is 29.2 Å². The zero-order valence-electron chi connectivity index (χ0n) is 13.1.